The summed E-state index contributed by atoms with van der Waals surface area (Å²) in [6.07, 6.45) is -3.59. The van der Waals surface area contributed by atoms with Crippen molar-refractivity contribution in [1.29, 1.82) is 0 Å². The molecule has 2 rings (SSSR count). The van der Waals surface area contributed by atoms with Crippen LogP contribution in [0.2, 0.25) is 5.02 Å². The number of nitrogens with zero attached hydrogens (tertiary/aromatic N) is 2. The first kappa shape index (κ1) is 12.9. The number of hydrogen-bond donors (Lipinski definition) is 1. The van der Waals surface area contributed by atoms with E-state index in [0.29, 0.717) is 5.02 Å². The first-order chi connectivity index (χ1) is 8.43. The van der Waals surface area contributed by atoms with Crippen molar-refractivity contribution < 1.29 is 18.3 Å². The van der Waals surface area contributed by atoms with Gasteiger partial charge in [0.2, 0.25) is 0 Å². The van der Waals surface area contributed by atoms with Crippen LogP contribution < -0.4 is 0 Å². The molecule has 0 aliphatic heterocycles. The second kappa shape index (κ2) is 4.62. The van der Waals surface area contributed by atoms with Gasteiger partial charge in [-0.05, 0) is 24.3 Å². The van der Waals surface area contributed by atoms with Gasteiger partial charge in [0, 0.05) is 10.6 Å². The van der Waals surface area contributed by atoms with Gasteiger partial charge >= 0.3 is 6.18 Å². The van der Waals surface area contributed by atoms with Gasteiger partial charge in [0.1, 0.15) is 0 Å². The molecule has 0 saturated heterocycles. The third kappa shape index (κ3) is 2.34. The van der Waals surface area contributed by atoms with Crippen molar-refractivity contribution in [1.82, 2.24) is 9.78 Å². The van der Waals surface area contributed by atoms with E-state index in [4.69, 9.17) is 16.7 Å². The summed E-state index contributed by atoms with van der Waals surface area (Å²) in [5.74, 6) is 0. The van der Waals surface area contributed by atoms with Crippen LogP contribution >= 0.6 is 11.6 Å². The minimum atomic E-state index is -4.59. The van der Waals surface area contributed by atoms with Gasteiger partial charge in [-0.2, -0.15) is 18.3 Å². The summed E-state index contributed by atoms with van der Waals surface area (Å²) in [7, 11) is 0. The van der Waals surface area contributed by atoms with Crippen LogP contribution in [-0.2, 0) is 12.8 Å². The van der Waals surface area contributed by atoms with Gasteiger partial charge in [0.15, 0.2) is 5.69 Å². The zero-order chi connectivity index (χ0) is 13.3. The van der Waals surface area contributed by atoms with Crippen molar-refractivity contribution in [2.45, 2.75) is 12.8 Å². The molecule has 3 nitrogen and oxygen atoms in total. The van der Waals surface area contributed by atoms with Crippen LogP contribution in [0.5, 0.6) is 0 Å². The topological polar surface area (TPSA) is 38.1 Å². The van der Waals surface area contributed by atoms with Gasteiger partial charge in [0.25, 0.3) is 0 Å². The van der Waals surface area contributed by atoms with Crippen molar-refractivity contribution in [2.75, 3.05) is 0 Å². The number of benzene rings is 1. The molecule has 7 heteroatoms. The number of alkyl halides is 3. The lowest BCUT2D eigenvalue weighted by atomic mass is 10.2. The van der Waals surface area contributed by atoms with Crippen LogP contribution in [0.1, 0.15) is 11.3 Å². The monoisotopic (exact) mass is 276 g/mol. The predicted molar refractivity (Wildman–Crippen MR) is 59.5 cm³/mol. The highest BCUT2D eigenvalue weighted by molar-refractivity contribution is 6.30. The number of rotatable bonds is 2. The predicted octanol–water partition coefficient (Wildman–Crippen LogP) is 3.04. The molecule has 0 bridgehead atoms. The van der Waals surface area contributed by atoms with E-state index in [-0.39, 0.29) is 11.3 Å². The summed E-state index contributed by atoms with van der Waals surface area (Å²) in [6.45, 7) is -0.720. The van der Waals surface area contributed by atoms with Gasteiger partial charge in [-0.25, -0.2) is 4.68 Å². The van der Waals surface area contributed by atoms with Gasteiger partial charge in [0.05, 0.1) is 18.5 Å². The van der Waals surface area contributed by atoms with E-state index in [1.165, 1.54) is 24.3 Å². The highest BCUT2D eigenvalue weighted by Crippen LogP contribution is 2.33. The van der Waals surface area contributed by atoms with Crippen LogP contribution in [0.3, 0.4) is 0 Å². The van der Waals surface area contributed by atoms with Gasteiger partial charge < -0.3 is 5.11 Å². The summed E-state index contributed by atoms with van der Waals surface area (Å²) < 4.78 is 39.4. The molecule has 0 unspecified atom stereocenters. The molecule has 0 radical (unpaired) electrons. The molecule has 1 heterocycles. The molecule has 0 atom stereocenters. The molecule has 1 aromatic carbocycles. The van der Waals surface area contributed by atoms with E-state index in [2.05, 4.69) is 5.10 Å². The molecule has 0 aliphatic carbocycles. The molecule has 0 saturated carbocycles. The second-order valence-corrected chi connectivity index (χ2v) is 4.00. The van der Waals surface area contributed by atoms with E-state index in [1.807, 2.05) is 0 Å². The lowest BCUT2D eigenvalue weighted by molar-refractivity contribution is -0.143. The SMILES string of the molecule is OCc1cnn(-c2ccc(Cl)cc2)c1C(F)(F)F. The summed E-state index contributed by atoms with van der Waals surface area (Å²) in [6, 6.07) is 5.78. The summed E-state index contributed by atoms with van der Waals surface area (Å²) in [5.41, 5.74) is -1.02. The van der Waals surface area contributed by atoms with Gasteiger partial charge in [-0.15, -0.1) is 0 Å². The molecule has 1 aromatic heterocycles. The molecule has 0 spiro atoms. The van der Waals surface area contributed by atoms with Crippen LogP contribution in [0, 0.1) is 0 Å². The Morgan fingerprint density at radius 3 is 2.33 bits per heavy atom. The molecule has 0 amide bonds. The minimum Gasteiger partial charge on any atom is -0.392 e. The number of aromatic nitrogens is 2. The highest BCUT2D eigenvalue weighted by Gasteiger charge is 2.38. The summed E-state index contributed by atoms with van der Waals surface area (Å²) in [5, 5.41) is 13.0. The third-order valence-electron chi connectivity index (χ3n) is 2.36. The molecular formula is C11H8ClF3N2O. The van der Waals surface area contributed by atoms with E-state index >= 15 is 0 Å². The fraction of sp³-hybridized carbons (Fsp3) is 0.182. The number of aliphatic hydroxyl groups is 1. The van der Waals surface area contributed by atoms with Crippen molar-refractivity contribution in [3.05, 3.63) is 46.7 Å². The van der Waals surface area contributed by atoms with E-state index in [9.17, 15) is 13.2 Å². The Morgan fingerprint density at radius 2 is 1.83 bits per heavy atom. The van der Waals surface area contributed by atoms with E-state index in [1.54, 1.807) is 0 Å². The van der Waals surface area contributed by atoms with E-state index < -0.39 is 18.5 Å². The number of halogens is 4. The summed E-state index contributed by atoms with van der Waals surface area (Å²) in [4.78, 5) is 0. The molecule has 1 N–H and O–H groups in total. The fourth-order valence-electron chi connectivity index (χ4n) is 1.58. The van der Waals surface area contributed by atoms with Gasteiger partial charge in [-0.3, -0.25) is 0 Å². The van der Waals surface area contributed by atoms with Crippen molar-refractivity contribution in [3.63, 3.8) is 0 Å². The maximum absolute atomic E-state index is 12.9. The number of hydrogen-bond acceptors (Lipinski definition) is 2. The fourth-order valence-corrected chi connectivity index (χ4v) is 1.70. The Hall–Kier alpha value is -1.53. The Kier molecular flexibility index (Phi) is 3.32. The van der Waals surface area contributed by atoms with E-state index in [0.717, 1.165) is 10.9 Å². The number of aliphatic hydroxyl groups excluding tert-OH is 1. The quantitative estimate of drug-likeness (QED) is 0.915. The smallest absolute Gasteiger partial charge is 0.392 e. The van der Waals surface area contributed by atoms with Gasteiger partial charge in [-0.1, -0.05) is 11.6 Å². The Bertz CT molecular complexity index is 548. The zero-order valence-electron chi connectivity index (χ0n) is 8.95. The molecule has 0 aliphatic rings. The Labute approximate surface area is 105 Å². The average Bonchev–Trinajstić information content (AvgIpc) is 2.73. The lowest BCUT2D eigenvalue weighted by Gasteiger charge is -2.12. The largest absolute Gasteiger partial charge is 0.433 e. The van der Waals surface area contributed by atoms with Crippen LogP contribution in [0.25, 0.3) is 5.69 Å². The highest BCUT2D eigenvalue weighted by atomic mass is 35.5. The molecule has 0 fully saturated rings. The standard InChI is InChI=1S/C11H8ClF3N2O/c12-8-1-3-9(4-2-8)17-10(11(13,14)15)7(6-18)5-16-17/h1-5,18H,6H2. The average molecular weight is 277 g/mol. The summed E-state index contributed by atoms with van der Waals surface area (Å²) >= 11 is 5.67. The van der Waals surface area contributed by atoms with Crippen molar-refractivity contribution >= 4 is 11.6 Å². The molecule has 2 aromatic rings. The first-order valence-electron chi connectivity index (χ1n) is 4.94. The lowest BCUT2D eigenvalue weighted by Crippen LogP contribution is -2.15. The van der Waals surface area contributed by atoms with Crippen LogP contribution in [0.4, 0.5) is 13.2 Å². The van der Waals surface area contributed by atoms with Crippen LogP contribution in [-0.4, -0.2) is 14.9 Å². The second-order valence-electron chi connectivity index (χ2n) is 3.56. The maximum Gasteiger partial charge on any atom is 0.433 e. The molecular weight excluding hydrogens is 269 g/mol. The zero-order valence-corrected chi connectivity index (χ0v) is 9.70. The minimum absolute atomic E-state index is 0.228. The maximum atomic E-state index is 12.9. The normalized spacial score (nSPS) is 11.8. The first-order valence-corrected chi connectivity index (χ1v) is 5.32. The molecule has 18 heavy (non-hydrogen) atoms. The third-order valence-corrected chi connectivity index (χ3v) is 2.61. The van der Waals surface area contributed by atoms with Crippen molar-refractivity contribution in [2.24, 2.45) is 0 Å². The molecule has 96 valence electrons. The Morgan fingerprint density at radius 1 is 1.22 bits per heavy atom. The van der Waals surface area contributed by atoms with Crippen molar-refractivity contribution in [3.8, 4) is 5.69 Å². The van der Waals surface area contributed by atoms with Crippen LogP contribution in [0.15, 0.2) is 30.5 Å². The Balaban J connectivity index is 2.58.